The predicted octanol–water partition coefficient (Wildman–Crippen LogP) is 3.30. The van der Waals surface area contributed by atoms with Crippen molar-refractivity contribution in [3.63, 3.8) is 0 Å². The Morgan fingerprint density at radius 2 is 1.81 bits per heavy atom. The number of anilines is 1. The molecule has 0 saturated carbocycles. The van der Waals surface area contributed by atoms with Gasteiger partial charge < -0.3 is 15.2 Å². The first kappa shape index (κ1) is 16.6. The molecule has 1 aliphatic heterocycles. The summed E-state index contributed by atoms with van der Waals surface area (Å²) in [6, 6.07) is 17.7. The molecule has 0 spiro atoms. The molecule has 134 valence electrons. The third-order valence-electron chi connectivity index (χ3n) is 4.71. The highest BCUT2D eigenvalue weighted by Crippen LogP contribution is 2.14. The van der Waals surface area contributed by atoms with Gasteiger partial charge in [-0.2, -0.15) is 0 Å². The fourth-order valence-electron chi connectivity index (χ4n) is 3.35. The average Bonchev–Trinajstić information content (AvgIpc) is 2.92. The third kappa shape index (κ3) is 3.86. The maximum Gasteiger partial charge on any atom is 0.321 e. The number of urea groups is 1. The lowest BCUT2D eigenvalue weighted by molar-refractivity contribution is 0.210. The van der Waals surface area contributed by atoms with E-state index >= 15 is 0 Å². The first-order valence-electron chi connectivity index (χ1n) is 9.05. The second-order valence-corrected chi connectivity index (χ2v) is 6.61. The number of nitrogens with one attached hydrogen (secondary N) is 2. The number of para-hydroxylation sites is 3. The molecular weight excluding hydrogens is 326 g/mol. The number of benzene rings is 2. The molecule has 1 aromatic heterocycles. The zero-order valence-electron chi connectivity index (χ0n) is 14.7. The maximum atomic E-state index is 12.5. The zero-order valence-corrected chi connectivity index (χ0v) is 14.7. The Kier molecular flexibility index (Phi) is 4.84. The number of aromatic nitrogens is 2. The number of fused-ring (bicyclic) bond motifs is 1. The Balaban J connectivity index is 1.34. The molecule has 0 bridgehead atoms. The van der Waals surface area contributed by atoms with Crippen LogP contribution in [0.1, 0.15) is 12.2 Å². The van der Waals surface area contributed by atoms with Crippen LogP contribution >= 0.6 is 0 Å². The highest BCUT2D eigenvalue weighted by atomic mass is 16.2. The highest BCUT2D eigenvalue weighted by molar-refractivity contribution is 5.89. The van der Waals surface area contributed by atoms with E-state index in [1.807, 2.05) is 59.5 Å². The van der Waals surface area contributed by atoms with Crippen molar-refractivity contribution in [3.05, 3.63) is 60.4 Å². The summed E-state index contributed by atoms with van der Waals surface area (Å²) >= 11 is 0. The predicted molar refractivity (Wildman–Crippen MR) is 103 cm³/mol. The minimum absolute atomic E-state index is 0.0261. The molecule has 2 amide bonds. The maximum absolute atomic E-state index is 12.5. The van der Waals surface area contributed by atoms with Crippen LogP contribution < -0.4 is 5.32 Å². The Morgan fingerprint density at radius 3 is 2.65 bits per heavy atom. The SMILES string of the molecule is O=C(Nc1ccccc1)N1CCCN(Cc2nc3ccccc3[nH]2)CC1. The molecule has 0 aliphatic carbocycles. The van der Waals surface area contributed by atoms with Crippen LogP contribution in [-0.4, -0.2) is 52.0 Å². The van der Waals surface area contributed by atoms with E-state index in [0.717, 1.165) is 61.7 Å². The fourth-order valence-corrected chi connectivity index (χ4v) is 3.35. The zero-order chi connectivity index (χ0) is 17.8. The van der Waals surface area contributed by atoms with Gasteiger partial charge >= 0.3 is 6.03 Å². The van der Waals surface area contributed by atoms with E-state index < -0.39 is 0 Å². The van der Waals surface area contributed by atoms with Gasteiger partial charge in [-0.3, -0.25) is 4.90 Å². The molecule has 2 N–H and O–H groups in total. The van der Waals surface area contributed by atoms with Crippen molar-refractivity contribution < 1.29 is 4.79 Å². The molecule has 0 radical (unpaired) electrons. The number of hydrogen-bond acceptors (Lipinski definition) is 3. The van der Waals surface area contributed by atoms with E-state index in [-0.39, 0.29) is 6.03 Å². The molecule has 4 rings (SSSR count). The Hall–Kier alpha value is -2.86. The van der Waals surface area contributed by atoms with Gasteiger partial charge in [0.1, 0.15) is 5.82 Å². The fraction of sp³-hybridized carbons (Fsp3) is 0.300. The van der Waals surface area contributed by atoms with Crippen LogP contribution in [0.5, 0.6) is 0 Å². The van der Waals surface area contributed by atoms with Gasteiger partial charge in [-0.15, -0.1) is 0 Å². The summed E-state index contributed by atoms with van der Waals surface area (Å²) < 4.78 is 0. The summed E-state index contributed by atoms with van der Waals surface area (Å²) in [5.41, 5.74) is 2.91. The normalized spacial score (nSPS) is 15.8. The molecule has 1 aliphatic rings. The van der Waals surface area contributed by atoms with E-state index in [2.05, 4.69) is 20.2 Å². The van der Waals surface area contributed by atoms with Crippen LogP contribution in [0.4, 0.5) is 10.5 Å². The Morgan fingerprint density at radius 1 is 1.00 bits per heavy atom. The summed E-state index contributed by atoms with van der Waals surface area (Å²) in [5, 5.41) is 2.97. The van der Waals surface area contributed by atoms with Crippen molar-refractivity contribution >= 4 is 22.8 Å². The number of imidazole rings is 1. The van der Waals surface area contributed by atoms with Gasteiger partial charge in [0.25, 0.3) is 0 Å². The van der Waals surface area contributed by atoms with Crippen LogP contribution in [0, 0.1) is 0 Å². The first-order chi connectivity index (χ1) is 12.8. The lowest BCUT2D eigenvalue weighted by Gasteiger charge is -2.22. The summed E-state index contributed by atoms with van der Waals surface area (Å²) in [7, 11) is 0. The number of amides is 2. The number of H-pyrrole nitrogens is 1. The average molecular weight is 349 g/mol. The molecular formula is C20H23N5O. The van der Waals surface area contributed by atoms with Gasteiger partial charge in [0, 0.05) is 31.9 Å². The molecule has 6 nitrogen and oxygen atoms in total. The number of rotatable bonds is 3. The third-order valence-corrected chi connectivity index (χ3v) is 4.71. The first-order valence-corrected chi connectivity index (χ1v) is 9.05. The lowest BCUT2D eigenvalue weighted by Crippen LogP contribution is -2.38. The van der Waals surface area contributed by atoms with Crippen LogP contribution in [-0.2, 0) is 6.54 Å². The topological polar surface area (TPSA) is 64.3 Å². The van der Waals surface area contributed by atoms with Crippen LogP contribution in [0.2, 0.25) is 0 Å². The summed E-state index contributed by atoms with van der Waals surface area (Å²) in [6.45, 7) is 4.09. The van der Waals surface area contributed by atoms with E-state index in [9.17, 15) is 4.79 Å². The minimum atomic E-state index is -0.0261. The van der Waals surface area contributed by atoms with Crippen LogP contribution in [0.3, 0.4) is 0 Å². The van der Waals surface area contributed by atoms with E-state index in [0.29, 0.717) is 0 Å². The second-order valence-electron chi connectivity index (χ2n) is 6.61. The number of hydrogen-bond donors (Lipinski definition) is 2. The molecule has 0 unspecified atom stereocenters. The highest BCUT2D eigenvalue weighted by Gasteiger charge is 2.20. The van der Waals surface area contributed by atoms with Gasteiger partial charge in [0.2, 0.25) is 0 Å². The largest absolute Gasteiger partial charge is 0.341 e. The van der Waals surface area contributed by atoms with Crippen molar-refractivity contribution in [3.8, 4) is 0 Å². The Bertz CT molecular complexity index is 843. The van der Waals surface area contributed by atoms with Crippen molar-refractivity contribution in [2.45, 2.75) is 13.0 Å². The van der Waals surface area contributed by atoms with E-state index in [1.54, 1.807) is 0 Å². The van der Waals surface area contributed by atoms with Crippen LogP contribution in [0.25, 0.3) is 11.0 Å². The molecule has 6 heteroatoms. The van der Waals surface area contributed by atoms with E-state index in [4.69, 9.17) is 0 Å². The van der Waals surface area contributed by atoms with Gasteiger partial charge in [0.05, 0.1) is 17.6 Å². The molecule has 1 fully saturated rings. The van der Waals surface area contributed by atoms with Gasteiger partial charge in [0.15, 0.2) is 0 Å². The molecule has 0 atom stereocenters. The minimum Gasteiger partial charge on any atom is -0.341 e. The van der Waals surface area contributed by atoms with Gasteiger partial charge in [-0.1, -0.05) is 30.3 Å². The molecule has 3 aromatic rings. The molecule has 2 heterocycles. The second kappa shape index (κ2) is 7.58. The number of carbonyl (C=O) groups is 1. The van der Waals surface area contributed by atoms with Crippen molar-refractivity contribution in [1.29, 1.82) is 0 Å². The smallest absolute Gasteiger partial charge is 0.321 e. The lowest BCUT2D eigenvalue weighted by atomic mass is 10.3. The number of nitrogens with zero attached hydrogens (tertiary/aromatic N) is 3. The molecule has 2 aromatic carbocycles. The number of carbonyl (C=O) groups excluding carboxylic acids is 1. The Labute approximate surface area is 152 Å². The van der Waals surface area contributed by atoms with Crippen molar-refractivity contribution in [1.82, 2.24) is 19.8 Å². The molecule has 1 saturated heterocycles. The summed E-state index contributed by atoms with van der Waals surface area (Å²) in [5.74, 6) is 0.980. The number of aromatic amines is 1. The van der Waals surface area contributed by atoms with Gasteiger partial charge in [-0.25, -0.2) is 9.78 Å². The van der Waals surface area contributed by atoms with E-state index in [1.165, 1.54) is 0 Å². The summed E-state index contributed by atoms with van der Waals surface area (Å²) in [6.07, 6.45) is 0.961. The van der Waals surface area contributed by atoms with Crippen molar-refractivity contribution in [2.75, 3.05) is 31.5 Å². The molecule has 26 heavy (non-hydrogen) atoms. The quantitative estimate of drug-likeness (QED) is 0.762. The van der Waals surface area contributed by atoms with Crippen molar-refractivity contribution in [2.24, 2.45) is 0 Å². The van der Waals surface area contributed by atoms with Gasteiger partial charge in [-0.05, 0) is 30.7 Å². The summed E-state index contributed by atoms with van der Waals surface area (Å²) in [4.78, 5) is 24.8. The standard InChI is InChI=1S/C20H23N5O/c26-20(21-16-7-2-1-3-8-16)25-12-6-11-24(13-14-25)15-19-22-17-9-4-5-10-18(17)23-19/h1-5,7-10H,6,11-15H2,(H,21,26)(H,22,23). The van der Waals surface area contributed by atoms with Crippen LogP contribution in [0.15, 0.2) is 54.6 Å². The monoisotopic (exact) mass is 349 g/mol.